The minimum atomic E-state index is -0.449. The number of hydrogen-bond donors (Lipinski definition) is 1. The summed E-state index contributed by atoms with van der Waals surface area (Å²) in [5.41, 5.74) is 1.86. The van der Waals surface area contributed by atoms with Crippen molar-refractivity contribution < 1.29 is 14.0 Å². The quantitative estimate of drug-likeness (QED) is 0.789. The van der Waals surface area contributed by atoms with Crippen LogP contribution in [0.1, 0.15) is 23.7 Å². The zero-order valence-electron chi connectivity index (χ0n) is 14.4. The smallest absolute Gasteiger partial charge is 0.255 e. The van der Waals surface area contributed by atoms with Crippen molar-refractivity contribution in [3.63, 3.8) is 0 Å². The second kappa shape index (κ2) is 6.63. The first-order valence-corrected chi connectivity index (χ1v) is 8.71. The molecule has 0 radical (unpaired) electrons. The molecule has 0 unspecified atom stereocenters. The number of rotatable bonds is 3. The molecule has 1 N–H and O–H groups in total. The van der Waals surface area contributed by atoms with E-state index < -0.39 is 6.04 Å². The summed E-state index contributed by atoms with van der Waals surface area (Å²) in [5, 5.41) is 3.60. The lowest BCUT2D eigenvalue weighted by molar-refractivity contribution is -0.127. The van der Waals surface area contributed by atoms with Crippen molar-refractivity contribution in [3.05, 3.63) is 54.3 Å². The lowest BCUT2D eigenvalue weighted by atomic mass is 10.0. The minimum absolute atomic E-state index is 0.100. The van der Waals surface area contributed by atoms with E-state index in [1.165, 1.54) is 0 Å². The van der Waals surface area contributed by atoms with Gasteiger partial charge in [-0.1, -0.05) is 25.1 Å². The predicted molar refractivity (Wildman–Crippen MR) is 97.6 cm³/mol. The number of carbonyl (C=O) groups excluding carboxylic acids is 2. The maximum absolute atomic E-state index is 13.3. The molecule has 4 rings (SSSR count). The second-order valence-electron chi connectivity index (χ2n) is 6.26. The summed E-state index contributed by atoms with van der Waals surface area (Å²) in [5.74, 6) is 0.350. The van der Waals surface area contributed by atoms with Gasteiger partial charge in [-0.3, -0.25) is 9.59 Å². The molecule has 1 aliphatic rings. The Kier molecular flexibility index (Phi) is 4.16. The SMILES string of the molecule is CC[C@H]1C(=O)NCCN1C(=O)c1cc(-c2ccco2)nc2ccccc12. The summed E-state index contributed by atoms with van der Waals surface area (Å²) in [6.07, 6.45) is 2.15. The van der Waals surface area contributed by atoms with Crippen molar-refractivity contribution >= 4 is 22.7 Å². The van der Waals surface area contributed by atoms with Crippen LogP contribution in [0.15, 0.2) is 53.1 Å². The number of piperazine rings is 1. The first-order chi connectivity index (χ1) is 12.7. The molecule has 3 heterocycles. The number of hydrogen-bond acceptors (Lipinski definition) is 4. The van der Waals surface area contributed by atoms with Gasteiger partial charge >= 0.3 is 0 Å². The first kappa shape index (κ1) is 16.3. The van der Waals surface area contributed by atoms with Gasteiger partial charge in [0.1, 0.15) is 11.7 Å². The molecule has 1 saturated heterocycles. The van der Waals surface area contributed by atoms with Crippen LogP contribution in [0.5, 0.6) is 0 Å². The number of furan rings is 1. The Hall–Kier alpha value is -3.15. The second-order valence-corrected chi connectivity index (χ2v) is 6.26. The van der Waals surface area contributed by atoms with Crippen molar-refractivity contribution in [1.29, 1.82) is 0 Å². The van der Waals surface area contributed by atoms with Crippen LogP contribution in [0.3, 0.4) is 0 Å². The maximum atomic E-state index is 13.3. The molecule has 1 aromatic carbocycles. The van der Waals surface area contributed by atoms with Gasteiger partial charge in [0.25, 0.3) is 5.91 Å². The summed E-state index contributed by atoms with van der Waals surface area (Å²) in [6, 6.07) is 12.4. The van der Waals surface area contributed by atoms with E-state index >= 15 is 0 Å². The summed E-state index contributed by atoms with van der Waals surface area (Å²) in [6.45, 7) is 2.87. The third kappa shape index (κ3) is 2.73. The lowest BCUT2D eigenvalue weighted by Crippen LogP contribution is -2.56. The monoisotopic (exact) mass is 349 g/mol. The highest BCUT2D eigenvalue weighted by molar-refractivity contribution is 6.08. The average Bonchev–Trinajstić information content (AvgIpc) is 3.21. The summed E-state index contributed by atoms with van der Waals surface area (Å²) >= 11 is 0. The van der Waals surface area contributed by atoms with Crippen molar-refractivity contribution in [2.45, 2.75) is 19.4 Å². The number of amides is 2. The number of nitrogens with zero attached hydrogens (tertiary/aromatic N) is 2. The van der Waals surface area contributed by atoms with E-state index in [1.807, 2.05) is 37.3 Å². The van der Waals surface area contributed by atoms with Gasteiger partial charge in [0, 0.05) is 18.5 Å². The highest BCUT2D eigenvalue weighted by Gasteiger charge is 2.33. The van der Waals surface area contributed by atoms with E-state index in [4.69, 9.17) is 4.42 Å². The Morgan fingerprint density at radius 3 is 2.92 bits per heavy atom. The first-order valence-electron chi connectivity index (χ1n) is 8.71. The summed E-state index contributed by atoms with van der Waals surface area (Å²) < 4.78 is 5.46. The van der Waals surface area contributed by atoms with E-state index in [9.17, 15) is 9.59 Å². The Bertz CT molecular complexity index is 966. The fourth-order valence-electron chi connectivity index (χ4n) is 3.42. The summed E-state index contributed by atoms with van der Waals surface area (Å²) in [4.78, 5) is 31.8. The maximum Gasteiger partial charge on any atom is 0.255 e. The van der Waals surface area contributed by atoms with Crippen LogP contribution < -0.4 is 5.32 Å². The largest absolute Gasteiger partial charge is 0.463 e. The fourth-order valence-corrected chi connectivity index (χ4v) is 3.42. The van der Waals surface area contributed by atoms with Gasteiger partial charge in [0.2, 0.25) is 5.91 Å². The molecule has 26 heavy (non-hydrogen) atoms. The molecule has 2 aromatic heterocycles. The van der Waals surface area contributed by atoms with Crippen molar-refractivity contribution in [3.8, 4) is 11.5 Å². The van der Waals surface area contributed by atoms with Gasteiger partial charge in [0.05, 0.1) is 17.3 Å². The number of aromatic nitrogens is 1. The molecular formula is C20H19N3O3. The number of para-hydroxylation sites is 1. The van der Waals surface area contributed by atoms with Gasteiger partial charge in [-0.05, 0) is 30.7 Å². The summed E-state index contributed by atoms with van der Waals surface area (Å²) in [7, 11) is 0. The molecule has 2 amide bonds. The minimum Gasteiger partial charge on any atom is -0.463 e. The predicted octanol–water partition coefficient (Wildman–Crippen LogP) is 2.85. The molecule has 0 saturated carbocycles. The zero-order valence-corrected chi connectivity index (χ0v) is 14.4. The Labute approximate surface area is 150 Å². The van der Waals surface area contributed by atoms with Crippen LogP contribution in [0.4, 0.5) is 0 Å². The van der Waals surface area contributed by atoms with E-state index in [2.05, 4.69) is 10.3 Å². The van der Waals surface area contributed by atoms with Crippen LogP contribution in [0, 0.1) is 0 Å². The number of carbonyl (C=O) groups is 2. The van der Waals surface area contributed by atoms with Crippen molar-refractivity contribution in [1.82, 2.24) is 15.2 Å². The lowest BCUT2D eigenvalue weighted by Gasteiger charge is -2.34. The van der Waals surface area contributed by atoms with Gasteiger partial charge in [-0.2, -0.15) is 0 Å². The van der Waals surface area contributed by atoms with Crippen molar-refractivity contribution in [2.24, 2.45) is 0 Å². The fraction of sp³-hybridized carbons (Fsp3) is 0.250. The molecule has 3 aromatic rings. The number of benzene rings is 1. The van der Waals surface area contributed by atoms with Gasteiger partial charge in [-0.15, -0.1) is 0 Å². The molecule has 6 nitrogen and oxygen atoms in total. The van der Waals surface area contributed by atoms with Crippen LogP contribution >= 0.6 is 0 Å². The molecule has 0 spiro atoms. The van der Waals surface area contributed by atoms with E-state index in [-0.39, 0.29) is 11.8 Å². The van der Waals surface area contributed by atoms with Crippen LogP contribution in [0.25, 0.3) is 22.4 Å². The molecular weight excluding hydrogens is 330 g/mol. The number of pyridine rings is 1. The highest BCUT2D eigenvalue weighted by Crippen LogP contribution is 2.27. The van der Waals surface area contributed by atoms with Gasteiger partial charge in [-0.25, -0.2) is 4.98 Å². The van der Waals surface area contributed by atoms with E-state index in [0.717, 1.165) is 10.9 Å². The Balaban J connectivity index is 1.84. The Morgan fingerprint density at radius 2 is 2.15 bits per heavy atom. The van der Waals surface area contributed by atoms with Crippen LogP contribution in [-0.2, 0) is 4.79 Å². The molecule has 1 aliphatic heterocycles. The third-order valence-corrected chi connectivity index (χ3v) is 4.70. The van der Waals surface area contributed by atoms with Crippen LogP contribution in [0.2, 0.25) is 0 Å². The van der Waals surface area contributed by atoms with Gasteiger partial charge in [0.15, 0.2) is 5.76 Å². The number of fused-ring (bicyclic) bond motifs is 1. The van der Waals surface area contributed by atoms with Crippen LogP contribution in [-0.4, -0.2) is 40.8 Å². The molecule has 132 valence electrons. The average molecular weight is 349 g/mol. The Morgan fingerprint density at radius 1 is 1.31 bits per heavy atom. The number of nitrogens with one attached hydrogen (secondary N) is 1. The normalized spacial score (nSPS) is 17.3. The van der Waals surface area contributed by atoms with E-state index in [0.29, 0.717) is 36.5 Å². The third-order valence-electron chi connectivity index (χ3n) is 4.70. The molecule has 0 aliphatic carbocycles. The molecule has 0 bridgehead atoms. The molecule has 1 atom stereocenters. The van der Waals surface area contributed by atoms with Gasteiger partial charge < -0.3 is 14.6 Å². The van der Waals surface area contributed by atoms with E-state index in [1.54, 1.807) is 23.3 Å². The molecule has 6 heteroatoms. The standard InChI is InChI=1S/C20H19N3O3/c1-2-17-19(24)21-9-10-23(17)20(25)14-12-16(18-8-5-11-26-18)22-15-7-4-3-6-13(14)15/h3-8,11-12,17H,2,9-10H2,1H3,(H,21,24)/t17-/m0/s1. The topological polar surface area (TPSA) is 75.4 Å². The zero-order chi connectivity index (χ0) is 18.1. The molecule has 1 fully saturated rings. The highest BCUT2D eigenvalue weighted by atomic mass is 16.3. The van der Waals surface area contributed by atoms with Crippen molar-refractivity contribution in [2.75, 3.05) is 13.1 Å².